The zero-order chi connectivity index (χ0) is 18.1. The van der Waals surface area contributed by atoms with E-state index in [1.54, 1.807) is 23.4 Å². The summed E-state index contributed by atoms with van der Waals surface area (Å²) in [6, 6.07) is 3.33. The van der Waals surface area contributed by atoms with Crippen LogP contribution in [0.1, 0.15) is 31.7 Å². The molecule has 25 heavy (non-hydrogen) atoms. The molecule has 7 nitrogen and oxygen atoms in total. The molecule has 1 N–H and O–H groups in total. The van der Waals surface area contributed by atoms with Crippen molar-refractivity contribution in [3.63, 3.8) is 0 Å². The van der Waals surface area contributed by atoms with Crippen LogP contribution in [-0.4, -0.2) is 54.2 Å². The van der Waals surface area contributed by atoms with E-state index >= 15 is 0 Å². The van der Waals surface area contributed by atoms with Crippen molar-refractivity contribution in [1.82, 2.24) is 15.2 Å². The Labute approximate surface area is 147 Å². The summed E-state index contributed by atoms with van der Waals surface area (Å²) < 4.78 is 23.4. The zero-order valence-electron chi connectivity index (χ0n) is 14.3. The van der Waals surface area contributed by atoms with Gasteiger partial charge < -0.3 is 10.2 Å². The lowest BCUT2D eigenvalue weighted by Gasteiger charge is -2.30. The molecule has 1 aliphatic heterocycles. The highest BCUT2D eigenvalue weighted by atomic mass is 32.2. The number of hydrogen-bond donors (Lipinski definition) is 1. The molecule has 0 radical (unpaired) electrons. The second kappa shape index (κ2) is 6.74. The van der Waals surface area contributed by atoms with Crippen LogP contribution in [-0.2, 0) is 26.0 Å². The highest BCUT2D eigenvalue weighted by molar-refractivity contribution is 7.91. The van der Waals surface area contributed by atoms with Gasteiger partial charge in [0.1, 0.15) is 5.41 Å². The molecule has 1 aromatic heterocycles. The predicted octanol–water partition coefficient (Wildman–Crippen LogP) is 0.514. The normalized spacial score (nSPS) is 23.0. The van der Waals surface area contributed by atoms with Gasteiger partial charge in [0.25, 0.3) is 0 Å². The number of amides is 2. The predicted molar refractivity (Wildman–Crippen MR) is 92.2 cm³/mol. The Balaban J connectivity index is 1.66. The standard InChI is InChI=1S/C17H23N3O4S/c1-2-20(14-5-9-25(23,24)12-14)16(22)17(6-7-17)15(21)19-11-13-4-3-8-18-10-13/h3-4,8,10,14H,2,5-7,9,11-12H2,1H3,(H,19,21). The summed E-state index contributed by atoms with van der Waals surface area (Å²) in [7, 11) is -3.08. The van der Waals surface area contributed by atoms with Gasteiger partial charge in [-0.25, -0.2) is 8.42 Å². The van der Waals surface area contributed by atoms with Crippen molar-refractivity contribution >= 4 is 21.7 Å². The van der Waals surface area contributed by atoms with Crippen LogP contribution in [0.3, 0.4) is 0 Å². The highest BCUT2D eigenvalue weighted by Crippen LogP contribution is 2.48. The topological polar surface area (TPSA) is 96.4 Å². The minimum atomic E-state index is -3.08. The summed E-state index contributed by atoms with van der Waals surface area (Å²) in [5, 5.41) is 2.82. The number of rotatable bonds is 6. The summed E-state index contributed by atoms with van der Waals surface area (Å²) in [5.74, 6) is -0.400. The van der Waals surface area contributed by atoms with Gasteiger partial charge in [-0.2, -0.15) is 0 Å². The average Bonchev–Trinajstić information content (AvgIpc) is 3.34. The molecule has 1 saturated heterocycles. The number of hydrogen-bond acceptors (Lipinski definition) is 5. The van der Waals surface area contributed by atoms with Crippen LogP contribution in [0.5, 0.6) is 0 Å². The van der Waals surface area contributed by atoms with Gasteiger partial charge in [-0.05, 0) is 37.8 Å². The second-order valence-corrected chi connectivity index (χ2v) is 9.00. The fourth-order valence-corrected chi connectivity index (χ4v) is 5.11. The van der Waals surface area contributed by atoms with Crippen LogP contribution < -0.4 is 5.32 Å². The maximum atomic E-state index is 13.0. The molecule has 1 aromatic rings. The Morgan fingerprint density at radius 3 is 2.68 bits per heavy atom. The Morgan fingerprint density at radius 1 is 1.40 bits per heavy atom. The lowest BCUT2D eigenvalue weighted by atomic mass is 10.0. The van der Waals surface area contributed by atoms with E-state index < -0.39 is 15.3 Å². The Kier molecular flexibility index (Phi) is 4.81. The number of aromatic nitrogens is 1. The number of pyridine rings is 1. The van der Waals surface area contributed by atoms with Crippen molar-refractivity contribution in [2.75, 3.05) is 18.1 Å². The van der Waals surface area contributed by atoms with Crippen LogP contribution >= 0.6 is 0 Å². The molecule has 2 fully saturated rings. The number of nitrogens with zero attached hydrogens (tertiary/aromatic N) is 2. The third-order valence-electron chi connectivity index (χ3n) is 5.02. The SMILES string of the molecule is CCN(C(=O)C1(C(=O)NCc2cccnc2)CC1)C1CCS(=O)(=O)C1. The summed E-state index contributed by atoms with van der Waals surface area (Å²) in [4.78, 5) is 31.2. The number of carbonyl (C=O) groups is 2. The first-order valence-corrected chi connectivity index (χ1v) is 10.4. The minimum absolute atomic E-state index is 0.0000359. The summed E-state index contributed by atoms with van der Waals surface area (Å²) in [6.07, 6.45) is 4.81. The van der Waals surface area contributed by atoms with E-state index in [-0.39, 0.29) is 29.4 Å². The second-order valence-electron chi connectivity index (χ2n) is 6.77. The van der Waals surface area contributed by atoms with E-state index in [1.807, 2.05) is 13.0 Å². The van der Waals surface area contributed by atoms with Gasteiger partial charge in [-0.1, -0.05) is 6.07 Å². The van der Waals surface area contributed by atoms with Crippen molar-refractivity contribution < 1.29 is 18.0 Å². The average molecular weight is 365 g/mol. The third-order valence-corrected chi connectivity index (χ3v) is 6.77. The van der Waals surface area contributed by atoms with E-state index in [0.29, 0.717) is 32.4 Å². The largest absolute Gasteiger partial charge is 0.351 e. The first kappa shape index (κ1) is 17.8. The highest BCUT2D eigenvalue weighted by Gasteiger charge is 2.58. The maximum absolute atomic E-state index is 13.0. The van der Waals surface area contributed by atoms with Crippen molar-refractivity contribution in [3.05, 3.63) is 30.1 Å². The van der Waals surface area contributed by atoms with Crippen LogP contribution in [0.2, 0.25) is 0 Å². The number of carbonyl (C=O) groups excluding carboxylic acids is 2. The quantitative estimate of drug-likeness (QED) is 0.741. The van der Waals surface area contributed by atoms with Crippen LogP contribution in [0, 0.1) is 5.41 Å². The van der Waals surface area contributed by atoms with Crippen molar-refractivity contribution in [3.8, 4) is 0 Å². The lowest BCUT2D eigenvalue weighted by molar-refractivity contribution is -0.145. The molecule has 3 rings (SSSR count). The fraction of sp³-hybridized carbons (Fsp3) is 0.588. The molecule has 8 heteroatoms. The van der Waals surface area contributed by atoms with Gasteiger partial charge in [0.05, 0.1) is 11.5 Å². The molecule has 2 heterocycles. The van der Waals surface area contributed by atoms with E-state index in [9.17, 15) is 18.0 Å². The molecule has 1 atom stereocenters. The molecule has 0 bridgehead atoms. The molecule has 0 spiro atoms. The first-order valence-electron chi connectivity index (χ1n) is 8.57. The molecular weight excluding hydrogens is 342 g/mol. The molecule has 2 amide bonds. The molecule has 136 valence electrons. The van der Waals surface area contributed by atoms with Crippen molar-refractivity contribution in [1.29, 1.82) is 0 Å². The minimum Gasteiger partial charge on any atom is -0.351 e. The lowest BCUT2D eigenvalue weighted by Crippen LogP contribution is -2.49. The van der Waals surface area contributed by atoms with E-state index in [0.717, 1.165) is 5.56 Å². The Bertz CT molecular complexity index is 759. The first-order chi connectivity index (χ1) is 11.9. The molecule has 2 aliphatic rings. The van der Waals surface area contributed by atoms with Gasteiger partial charge in [0, 0.05) is 31.5 Å². The van der Waals surface area contributed by atoms with Crippen LogP contribution in [0.4, 0.5) is 0 Å². The van der Waals surface area contributed by atoms with Gasteiger partial charge in [0.2, 0.25) is 11.8 Å². The molecule has 1 unspecified atom stereocenters. The van der Waals surface area contributed by atoms with Gasteiger partial charge in [-0.15, -0.1) is 0 Å². The Morgan fingerprint density at radius 2 is 2.16 bits per heavy atom. The summed E-state index contributed by atoms with van der Waals surface area (Å²) in [6.45, 7) is 2.56. The van der Waals surface area contributed by atoms with E-state index in [1.165, 1.54) is 0 Å². The van der Waals surface area contributed by atoms with Gasteiger partial charge >= 0.3 is 0 Å². The third kappa shape index (κ3) is 3.68. The van der Waals surface area contributed by atoms with Crippen molar-refractivity contribution in [2.45, 2.75) is 38.8 Å². The zero-order valence-corrected chi connectivity index (χ0v) is 15.1. The molecule has 0 aromatic carbocycles. The number of sulfone groups is 1. The van der Waals surface area contributed by atoms with Crippen LogP contribution in [0.15, 0.2) is 24.5 Å². The molecule has 1 saturated carbocycles. The molecule has 1 aliphatic carbocycles. The van der Waals surface area contributed by atoms with Gasteiger partial charge in [0.15, 0.2) is 9.84 Å². The Hall–Kier alpha value is -1.96. The monoisotopic (exact) mass is 365 g/mol. The van der Waals surface area contributed by atoms with E-state index in [4.69, 9.17) is 0 Å². The van der Waals surface area contributed by atoms with E-state index in [2.05, 4.69) is 10.3 Å². The maximum Gasteiger partial charge on any atom is 0.238 e. The summed E-state index contributed by atoms with van der Waals surface area (Å²) >= 11 is 0. The smallest absolute Gasteiger partial charge is 0.238 e. The van der Waals surface area contributed by atoms with Crippen LogP contribution in [0.25, 0.3) is 0 Å². The summed E-state index contributed by atoms with van der Waals surface area (Å²) in [5.41, 5.74) is -0.154. The molecular formula is C17H23N3O4S. The number of nitrogens with one attached hydrogen (secondary N) is 1. The van der Waals surface area contributed by atoms with Gasteiger partial charge in [-0.3, -0.25) is 14.6 Å². The fourth-order valence-electron chi connectivity index (χ4n) is 3.38. The van der Waals surface area contributed by atoms with Crippen molar-refractivity contribution in [2.24, 2.45) is 5.41 Å².